The van der Waals surface area contributed by atoms with Crippen LogP contribution in [0.25, 0.3) is 0 Å². The number of rotatable bonds is 4. The molecule has 7 nitrogen and oxygen atoms in total. The lowest BCUT2D eigenvalue weighted by Crippen LogP contribution is -2.71. The van der Waals surface area contributed by atoms with Crippen molar-refractivity contribution in [2.24, 2.45) is 11.3 Å². The summed E-state index contributed by atoms with van der Waals surface area (Å²) in [6, 6.07) is 1.80. The van der Waals surface area contributed by atoms with E-state index in [1.54, 1.807) is 6.92 Å². The first-order valence-electron chi connectivity index (χ1n) is 10.8. The average Bonchev–Trinajstić information content (AvgIpc) is 3.11. The molecule has 0 bridgehead atoms. The molecule has 1 aromatic rings. The van der Waals surface area contributed by atoms with Crippen molar-refractivity contribution in [2.75, 3.05) is 19.7 Å². The normalized spacial score (nSPS) is 26.0. The second kappa shape index (κ2) is 8.67. The molecular weight excluding hydrogens is 422 g/mol. The minimum Gasteiger partial charge on any atom is -0.465 e. The summed E-state index contributed by atoms with van der Waals surface area (Å²) in [6.45, 7) is 7.00. The molecule has 9 heteroatoms. The maximum atomic E-state index is 14.0. The first-order valence-corrected chi connectivity index (χ1v) is 10.8. The van der Waals surface area contributed by atoms with Gasteiger partial charge in [0, 0.05) is 12.6 Å². The first-order chi connectivity index (χ1) is 14.9. The number of halogens is 2. The van der Waals surface area contributed by atoms with Gasteiger partial charge in [-0.3, -0.25) is 14.5 Å². The van der Waals surface area contributed by atoms with E-state index in [1.807, 2.05) is 20.8 Å². The van der Waals surface area contributed by atoms with E-state index in [9.17, 15) is 28.3 Å². The van der Waals surface area contributed by atoms with Crippen LogP contribution in [0.4, 0.5) is 13.6 Å². The van der Waals surface area contributed by atoms with Crippen molar-refractivity contribution in [3.05, 3.63) is 35.4 Å². The zero-order valence-corrected chi connectivity index (χ0v) is 18.9. The van der Waals surface area contributed by atoms with Gasteiger partial charge in [0.1, 0.15) is 23.7 Å². The number of esters is 1. The Morgan fingerprint density at radius 1 is 1.22 bits per heavy atom. The van der Waals surface area contributed by atoms with Crippen LogP contribution in [0.5, 0.6) is 0 Å². The zero-order valence-electron chi connectivity index (χ0n) is 18.9. The fourth-order valence-corrected chi connectivity index (χ4v) is 5.49. The van der Waals surface area contributed by atoms with Crippen LogP contribution in [0.2, 0.25) is 0 Å². The van der Waals surface area contributed by atoms with Crippen LogP contribution in [0.1, 0.15) is 58.6 Å². The van der Waals surface area contributed by atoms with Gasteiger partial charge in [0.15, 0.2) is 0 Å². The fraction of sp³-hybridized carbons (Fsp3) is 0.609. The van der Waals surface area contributed by atoms with E-state index in [1.165, 1.54) is 4.90 Å². The van der Waals surface area contributed by atoms with E-state index in [0.29, 0.717) is 25.3 Å². The van der Waals surface area contributed by atoms with Crippen LogP contribution < -0.4 is 0 Å². The molecule has 1 saturated carbocycles. The zero-order chi connectivity index (χ0) is 23.8. The predicted octanol–water partition coefficient (Wildman–Crippen LogP) is 3.98. The van der Waals surface area contributed by atoms with E-state index in [2.05, 4.69) is 0 Å². The molecule has 1 heterocycles. The van der Waals surface area contributed by atoms with Crippen molar-refractivity contribution in [3.63, 3.8) is 0 Å². The Bertz CT molecular complexity index is 896. The largest absolute Gasteiger partial charge is 0.465 e. The highest BCUT2D eigenvalue weighted by molar-refractivity contribution is 5.94. The lowest BCUT2D eigenvalue weighted by molar-refractivity contribution is -0.167. The standard InChI is InChI=1S/C23H30F2N2O5/c1-5-32-19(28)13-26-17(14-9-15(24)11-16(25)10-14)12-27(21(30)31)23(20(26)29)8-6-7-18(23)22(2,3)4/h9-11,17-18H,5-8,12-13H2,1-4H3,(H,30,31)/t17-,18?,23?/m1/s1. The minimum atomic E-state index is -1.35. The van der Waals surface area contributed by atoms with Crippen molar-refractivity contribution >= 4 is 18.0 Å². The van der Waals surface area contributed by atoms with Gasteiger partial charge in [-0.1, -0.05) is 27.2 Å². The monoisotopic (exact) mass is 452 g/mol. The Morgan fingerprint density at radius 3 is 2.38 bits per heavy atom. The SMILES string of the molecule is CCOC(=O)CN1C(=O)C2(CCCC2C(C)(C)C)N(C(=O)O)C[C@@H]1c1cc(F)cc(F)c1. The van der Waals surface area contributed by atoms with Crippen LogP contribution in [0.3, 0.4) is 0 Å². The number of carboxylic acid groups (broad SMARTS) is 1. The summed E-state index contributed by atoms with van der Waals surface area (Å²) < 4.78 is 33.0. The highest BCUT2D eigenvalue weighted by Gasteiger charge is 2.63. The summed E-state index contributed by atoms with van der Waals surface area (Å²) in [5.74, 6) is -3.16. The topological polar surface area (TPSA) is 87.2 Å². The number of hydrogen-bond donors (Lipinski definition) is 1. The second-order valence-electron chi connectivity index (χ2n) is 9.58. The number of carbonyl (C=O) groups excluding carboxylic acids is 2. The van der Waals surface area contributed by atoms with Crippen LogP contribution in [-0.2, 0) is 14.3 Å². The molecule has 1 aromatic carbocycles. The molecule has 176 valence electrons. The van der Waals surface area contributed by atoms with Gasteiger partial charge in [-0.05, 0) is 48.8 Å². The second-order valence-corrected chi connectivity index (χ2v) is 9.58. The molecular formula is C23H30F2N2O5. The Labute approximate surface area is 186 Å². The van der Waals surface area contributed by atoms with Gasteiger partial charge in [0.2, 0.25) is 5.91 Å². The molecule has 3 rings (SSSR count). The molecule has 0 radical (unpaired) electrons. The summed E-state index contributed by atoms with van der Waals surface area (Å²) in [5.41, 5.74) is -1.64. The van der Waals surface area contributed by atoms with Crippen molar-refractivity contribution in [2.45, 2.75) is 58.5 Å². The number of ether oxygens (including phenoxy) is 1. The van der Waals surface area contributed by atoms with Crippen molar-refractivity contribution in [1.82, 2.24) is 9.80 Å². The van der Waals surface area contributed by atoms with Crippen LogP contribution in [-0.4, -0.2) is 58.1 Å². The Kier molecular flexibility index (Phi) is 6.49. The molecule has 2 fully saturated rings. The van der Waals surface area contributed by atoms with Gasteiger partial charge < -0.3 is 14.7 Å². The molecule has 32 heavy (non-hydrogen) atoms. The van der Waals surface area contributed by atoms with Gasteiger partial charge >= 0.3 is 12.1 Å². The highest BCUT2D eigenvalue weighted by Crippen LogP contribution is 2.53. The van der Waals surface area contributed by atoms with Gasteiger partial charge in [-0.2, -0.15) is 0 Å². The van der Waals surface area contributed by atoms with E-state index >= 15 is 0 Å². The highest BCUT2D eigenvalue weighted by atomic mass is 19.1. The maximum absolute atomic E-state index is 14.0. The van der Waals surface area contributed by atoms with E-state index in [0.717, 1.165) is 17.0 Å². The average molecular weight is 452 g/mol. The third kappa shape index (κ3) is 4.17. The third-order valence-corrected chi connectivity index (χ3v) is 6.62. The molecule has 1 N–H and O–H groups in total. The lowest BCUT2D eigenvalue weighted by Gasteiger charge is -2.54. The van der Waals surface area contributed by atoms with Gasteiger partial charge in [-0.25, -0.2) is 13.6 Å². The lowest BCUT2D eigenvalue weighted by atomic mass is 9.68. The molecule has 2 aliphatic rings. The molecule has 2 amide bonds. The van der Waals surface area contributed by atoms with Crippen LogP contribution >= 0.6 is 0 Å². The number of carbonyl (C=O) groups is 3. The number of amides is 2. The minimum absolute atomic E-state index is 0.0894. The summed E-state index contributed by atoms with van der Waals surface area (Å²) in [5, 5.41) is 10.1. The Hall–Kier alpha value is -2.71. The molecule has 0 aromatic heterocycles. The smallest absolute Gasteiger partial charge is 0.408 e. The number of piperazine rings is 1. The Morgan fingerprint density at radius 2 is 1.84 bits per heavy atom. The number of nitrogens with zero attached hydrogens (tertiary/aromatic N) is 2. The molecule has 1 aliphatic heterocycles. The summed E-state index contributed by atoms with van der Waals surface area (Å²) >= 11 is 0. The quantitative estimate of drug-likeness (QED) is 0.699. The van der Waals surface area contributed by atoms with Gasteiger partial charge in [0.25, 0.3) is 0 Å². The van der Waals surface area contributed by atoms with Crippen molar-refractivity contribution < 1.29 is 33.0 Å². The van der Waals surface area contributed by atoms with E-state index < -0.39 is 47.7 Å². The number of hydrogen-bond acceptors (Lipinski definition) is 4. The maximum Gasteiger partial charge on any atom is 0.408 e. The molecule has 1 aliphatic carbocycles. The third-order valence-electron chi connectivity index (χ3n) is 6.62. The molecule has 3 atom stereocenters. The summed E-state index contributed by atoms with van der Waals surface area (Å²) in [6.07, 6.45) is 0.367. The molecule has 2 unspecified atom stereocenters. The fourth-order valence-electron chi connectivity index (χ4n) is 5.49. The van der Waals surface area contributed by atoms with Crippen molar-refractivity contribution in [1.29, 1.82) is 0 Å². The van der Waals surface area contributed by atoms with Crippen molar-refractivity contribution in [3.8, 4) is 0 Å². The molecule has 1 saturated heterocycles. The number of benzene rings is 1. The van der Waals surface area contributed by atoms with Gasteiger partial charge in [0.05, 0.1) is 12.6 Å². The predicted molar refractivity (Wildman–Crippen MR) is 112 cm³/mol. The van der Waals surface area contributed by atoms with E-state index in [-0.39, 0.29) is 30.0 Å². The van der Waals surface area contributed by atoms with Crippen LogP contribution in [0.15, 0.2) is 18.2 Å². The first kappa shape index (κ1) is 23.9. The van der Waals surface area contributed by atoms with Crippen LogP contribution in [0, 0.1) is 23.0 Å². The van der Waals surface area contributed by atoms with E-state index in [4.69, 9.17) is 4.74 Å². The Balaban J connectivity index is 2.15. The summed E-state index contributed by atoms with van der Waals surface area (Å²) in [4.78, 5) is 41.2. The molecule has 1 spiro atoms. The summed E-state index contributed by atoms with van der Waals surface area (Å²) in [7, 11) is 0. The van der Waals surface area contributed by atoms with Gasteiger partial charge in [-0.15, -0.1) is 0 Å².